The molecule has 15 rings (SSSR count). The Kier molecular flexibility index (Phi) is 46.6. The summed E-state index contributed by atoms with van der Waals surface area (Å²) in [5.41, 5.74) is 14.1. The second-order valence-electron chi connectivity index (χ2n) is 26.5. The molecule has 5 nitrogen and oxygen atoms in total. The number of anilines is 1. The van der Waals surface area contributed by atoms with Gasteiger partial charge in [-0.2, -0.15) is 178 Å². The van der Waals surface area contributed by atoms with Crippen LogP contribution in [0.3, 0.4) is 0 Å². The molecule has 0 aromatic heterocycles. The number of aliphatic imine (C=N–C) groups is 1. The number of rotatable bonds is 16. The maximum absolute atomic E-state index is 6.40. The van der Waals surface area contributed by atoms with Crippen molar-refractivity contribution < 1.29 is 56.8 Å². The molecule has 1 N–H and O–H groups in total. The molecular formula is C105H105N4OP2SiZr2-5. The Morgan fingerprint density at radius 2 is 0.600 bits per heavy atom. The second-order valence-corrected chi connectivity index (χ2v) is 35.3. The van der Waals surface area contributed by atoms with E-state index in [1.165, 1.54) is 37.9 Å². The number of benzene rings is 15. The van der Waals surface area contributed by atoms with E-state index in [1.807, 2.05) is 249 Å². The molecule has 578 valence electrons. The average molecular weight is 1710 g/mol. The molecule has 0 aliphatic rings. The van der Waals surface area contributed by atoms with Crippen LogP contribution in [0.5, 0.6) is 5.75 Å². The molecule has 1 atom stereocenters. The quantitative estimate of drug-likeness (QED) is 0.0344. The summed E-state index contributed by atoms with van der Waals surface area (Å²) in [7, 11) is -3.46. The molecule has 0 radical (unpaired) electrons. The molecule has 0 saturated carbocycles. The van der Waals surface area contributed by atoms with Gasteiger partial charge in [0.15, 0.2) is 0 Å². The van der Waals surface area contributed by atoms with E-state index in [9.17, 15) is 0 Å². The van der Waals surface area contributed by atoms with Crippen molar-refractivity contribution in [3.8, 4) is 5.75 Å². The van der Waals surface area contributed by atoms with Crippen molar-refractivity contribution in [3.63, 3.8) is 0 Å². The fourth-order valence-electron chi connectivity index (χ4n) is 10.3. The minimum atomic E-state index is -1.79. The van der Waals surface area contributed by atoms with Crippen molar-refractivity contribution in [2.24, 2.45) is 4.99 Å². The Morgan fingerprint density at radius 3 is 0.896 bits per heavy atom. The van der Waals surface area contributed by atoms with Crippen LogP contribution in [0.2, 0.25) is 19.6 Å². The predicted molar refractivity (Wildman–Crippen MR) is 498 cm³/mol. The number of hydrogen-bond acceptors (Lipinski definition) is 2. The van der Waals surface area contributed by atoms with Crippen LogP contribution in [-0.4, -0.2) is 19.8 Å². The Hall–Kier alpha value is -10.7. The maximum Gasteiger partial charge on any atom is 4.00 e. The number of hydrogen-bond donors (Lipinski definition) is 1. The topological polar surface area (TPSA) is 61.8 Å². The summed E-state index contributed by atoms with van der Waals surface area (Å²) in [6.45, 7) is 36.0. The molecule has 15 aromatic rings. The fourth-order valence-corrected chi connectivity index (χ4v) is 15.6. The first-order valence-corrected chi connectivity index (χ1v) is 43.7. The SMILES string of the molecule is C[Si](C)(C)Oc1ccccc1[N-]C([N-]Cc1ccccc1)P(c1ccccc1)c1ccccc1.Cc1ccccc1NC(=NCc1ccccc1)P(c1ccccc1)c1ccccc1.[CH2-]c1ccccc1.[CH2-]c1ccccc1.[CH2-]c1ccccc1.[CH2-]c1ccccc1.[CH2-]c1ccccc1.[CH2-]c1ccccc1.[CH2-]c1ccccc1.[Zr+4].[Zr]. The van der Waals surface area contributed by atoms with Gasteiger partial charge < -0.3 is 20.4 Å². The smallest absolute Gasteiger partial charge is 0.692 e. The molecule has 115 heavy (non-hydrogen) atoms. The van der Waals surface area contributed by atoms with Gasteiger partial charge >= 0.3 is 26.2 Å². The third-order valence-electron chi connectivity index (χ3n) is 15.9. The predicted octanol–water partition coefficient (Wildman–Crippen LogP) is 27.1. The van der Waals surface area contributed by atoms with Gasteiger partial charge in [-0.05, 0) is 71.0 Å². The van der Waals surface area contributed by atoms with E-state index in [-0.39, 0.29) is 58.3 Å². The van der Waals surface area contributed by atoms with Crippen LogP contribution in [0.1, 0.15) is 55.6 Å². The van der Waals surface area contributed by atoms with E-state index in [0.29, 0.717) is 13.1 Å². The van der Waals surface area contributed by atoms with Crippen molar-refractivity contribution >= 4 is 62.3 Å². The number of aryl methyl sites for hydroxylation is 1. The number of nitrogens with one attached hydrogen (secondary N) is 1. The molecule has 0 heterocycles. The van der Waals surface area contributed by atoms with Crippen LogP contribution < -0.4 is 31.0 Å². The first-order valence-electron chi connectivity index (χ1n) is 37.6. The van der Waals surface area contributed by atoms with Crippen molar-refractivity contribution in [1.29, 1.82) is 0 Å². The number of nitrogens with zero attached hydrogens (tertiary/aromatic N) is 3. The van der Waals surface area contributed by atoms with E-state index in [0.717, 1.165) is 61.6 Å². The first-order chi connectivity index (χ1) is 55.1. The summed E-state index contributed by atoms with van der Waals surface area (Å²) >= 11 is 0. The van der Waals surface area contributed by atoms with Crippen molar-refractivity contribution in [2.75, 3.05) is 5.32 Å². The van der Waals surface area contributed by atoms with Gasteiger partial charge in [-0.1, -0.05) is 280 Å². The van der Waals surface area contributed by atoms with Gasteiger partial charge in [0.2, 0.25) is 8.32 Å². The Morgan fingerprint density at radius 1 is 0.339 bits per heavy atom. The van der Waals surface area contributed by atoms with Gasteiger partial charge in [0.25, 0.3) is 0 Å². The van der Waals surface area contributed by atoms with Gasteiger partial charge in [-0.25, -0.2) is 0 Å². The molecule has 0 aliphatic heterocycles. The zero-order valence-electron chi connectivity index (χ0n) is 66.7. The van der Waals surface area contributed by atoms with E-state index >= 15 is 0 Å². The van der Waals surface area contributed by atoms with Gasteiger partial charge in [-0.15, -0.1) is 91.5 Å². The minimum Gasteiger partial charge on any atom is -0.692 e. The van der Waals surface area contributed by atoms with Crippen molar-refractivity contribution in [2.45, 2.75) is 45.6 Å². The van der Waals surface area contributed by atoms with Crippen LogP contribution in [0, 0.1) is 55.4 Å². The summed E-state index contributed by atoms with van der Waals surface area (Å²) in [6, 6.07) is 149. The molecule has 0 aliphatic carbocycles. The largest absolute Gasteiger partial charge is 4.00 e. The Balaban J connectivity index is 0.000000258. The second kappa shape index (κ2) is 56.5. The minimum absolute atomic E-state index is 0. The van der Waals surface area contributed by atoms with Crippen LogP contribution >= 0.6 is 15.8 Å². The summed E-state index contributed by atoms with van der Waals surface area (Å²) in [4.78, 5) is 5.12. The molecule has 0 bridgehead atoms. The van der Waals surface area contributed by atoms with E-state index < -0.39 is 24.2 Å². The summed E-state index contributed by atoms with van der Waals surface area (Å²) < 4.78 is 6.40. The molecule has 15 aromatic carbocycles. The third-order valence-corrected chi connectivity index (χ3v) is 21.5. The molecule has 0 fully saturated rings. The first kappa shape index (κ1) is 94.9. The maximum atomic E-state index is 6.40. The van der Waals surface area contributed by atoms with Crippen LogP contribution in [-0.2, 0) is 65.5 Å². The van der Waals surface area contributed by atoms with Gasteiger partial charge in [0.1, 0.15) is 5.58 Å². The molecule has 10 heteroatoms. The van der Waals surface area contributed by atoms with Gasteiger partial charge in [-0.3, -0.25) is 4.99 Å². The molecule has 1 unspecified atom stereocenters. The van der Waals surface area contributed by atoms with Gasteiger partial charge in [0.05, 0.1) is 12.3 Å². The van der Waals surface area contributed by atoms with E-state index in [2.05, 4.69) is 274 Å². The summed E-state index contributed by atoms with van der Waals surface area (Å²) in [5, 5.41) is 19.3. The Labute approximate surface area is 731 Å². The van der Waals surface area contributed by atoms with Crippen LogP contribution in [0.25, 0.3) is 10.6 Å². The molecule has 0 saturated heterocycles. The van der Waals surface area contributed by atoms with E-state index in [1.54, 1.807) is 0 Å². The molecular weight excluding hydrogens is 1610 g/mol. The number of para-hydroxylation sites is 3. The number of amidine groups is 1. The normalized spacial score (nSPS) is 10.3. The zero-order chi connectivity index (χ0) is 80.2. The van der Waals surface area contributed by atoms with E-state index in [4.69, 9.17) is 20.1 Å². The van der Waals surface area contributed by atoms with Crippen molar-refractivity contribution in [3.05, 3.63) is 558 Å². The summed E-state index contributed by atoms with van der Waals surface area (Å²) in [5.74, 6) is 0.601. The van der Waals surface area contributed by atoms with Crippen LogP contribution in [0.4, 0.5) is 11.4 Å². The zero-order valence-corrected chi connectivity index (χ0v) is 74.4. The molecule has 0 amide bonds. The standard InChI is InChI=1S/C29H31N2OPSi.C27H25N2P.7C7H7.2Zr/c1-34(2,3)32-28-22-14-13-21-27(28)31-29(30-23-24-15-7-4-8-16-24)33(25-17-9-5-10-18-25)26-19-11-6-12-20-26;1-22-13-11-12-20-26(22)29-27(28-21-23-14-5-2-6-15-23)30(24-16-7-3-8-17-24)25-18-9-4-10-19-25;7*1-7-5-3-2-4-6-7;;/h4-22,29H,23H2,1-3H3;2-20H,21H2,1H3,(H,28,29);7*2-6H,1H2;;/q-2;;7*-1;;+4. The molecule has 0 spiro atoms. The Bertz CT molecular complexity index is 4460. The van der Waals surface area contributed by atoms with Gasteiger partial charge in [0, 0.05) is 39.8 Å². The van der Waals surface area contributed by atoms with Crippen LogP contribution in [0.15, 0.2) is 448 Å². The van der Waals surface area contributed by atoms with Crippen molar-refractivity contribution in [1.82, 2.24) is 0 Å². The fraction of sp³-hybridized carbons (Fsp3) is 0.0667. The summed E-state index contributed by atoms with van der Waals surface area (Å²) in [6.07, 6.45) is 0. The average Bonchev–Trinajstić information content (AvgIpc) is 0.839. The monoisotopic (exact) mass is 1710 g/mol. The third kappa shape index (κ3) is 40.2.